The minimum Gasteiger partial charge on any atom is -0.496 e. The molecule has 2 rings (SSSR count). The summed E-state index contributed by atoms with van der Waals surface area (Å²) in [6, 6.07) is 15.1. The lowest BCUT2D eigenvalue weighted by atomic mass is 10.0. The predicted octanol–water partition coefficient (Wildman–Crippen LogP) is 4.16. The summed E-state index contributed by atoms with van der Waals surface area (Å²) in [4.78, 5) is 0. The largest absolute Gasteiger partial charge is 0.496 e. The zero-order chi connectivity index (χ0) is 14.5. The summed E-state index contributed by atoms with van der Waals surface area (Å²) < 4.78 is 5.45. The van der Waals surface area contributed by atoms with E-state index in [1.807, 2.05) is 6.07 Å². The fourth-order valence-electron chi connectivity index (χ4n) is 2.40. The van der Waals surface area contributed by atoms with Crippen LogP contribution in [0.15, 0.2) is 42.5 Å². The summed E-state index contributed by atoms with van der Waals surface area (Å²) in [6.45, 7) is 7.26. The van der Waals surface area contributed by atoms with Crippen LogP contribution in [-0.4, -0.2) is 7.11 Å². The molecule has 0 heterocycles. The first-order valence-electron chi connectivity index (χ1n) is 7.03. The van der Waals surface area contributed by atoms with E-state index in [2.05, 4.69) is 62.5 Å². The Bertz CT molecular complexity index is 577. The Hall–Kier alpha value is -1.80. The highest BCUT2D eigenvalue weighted by Crippen LogP contribution is 2.26. The number of ether oxygens (including phenoxy) is 1. The molecule has 1 N–H and O–H groups in total. The predicted molar refractivity (Wildman–Crippen MR) is 84.2 cm³/mol. The van der Waals surface area contributed by atoms with Crippen LogP contribution in [0.2, 0.25) is 0 Å². The van der Waals surface area contributed by atoms with E-state index in [1.54, 1.807) is 7.11 Å². The third-order valence-electron chi connectivity index (χ3n) is 3.55. The molecule has 1 atom stereocenters. The molecule has 0 saturated heterocycles. The molecule has 0 radical (unpaired) electrons. The van der Waals surface area contributed by atoms with Gasteiger partial charge in [-0.1, -0.05) is 47.5 Å². The summed E-state index contributed by atoms with van der Waals surface area (Å²) >= 11 is 0. The third-order valence-corrected chi connectivity index (χ3v) is 3.55. The van der Waals surface area contributed by atoms with Gasteiger partial charge in [-0.3, -0.25) is 0 Å². The van der Waals surface area contributed by atoms with Gasteiger partial charge in [-0.15, -0.1) is 0 Å². The van der Waals surface area contributed by atoms with Crippen LogP contribution in [0.5, 0.6) is 5.75 Å². The van der Waals surface area contributed by atoms with Crippen LogP contribution in [0.3, 0.4) is 0 Å². The fraction of sp³-hybridized carbons (Fsp3) is 0.333. The SMILES string of the molecule is COc1ccc(C)cc1C(C)NCc1cccc(C)c1. The van der Waals surface area contributed by atoms with Crippen molar-refractivity contribution >= 4 is 0 Å². The summed E-state index contributed by atoms with van der Waals surface area (Å²) in [7, 11) is 1.72. The number of hydrogen-bond donors (Lipinski definition) is 1. The van der Waals surface area contributed by atoms with Gasteiger partial charge in [0.1, 0.15) is 5.75 Å². The number of benzene rings is 2. The molecule has 0 aliphatic heterocycles. The van der Waals surface area contributed by atoms with Crippen LogP contribution in [0, 0.1) is 13.8 Å². The molecule has 2 aromatic carbocycles. The van der Waals surface area contributed by atoms with Crippen molar-refractivity contribution in [3.63, 3.8) is 0 Å². The second-order valence-electron chi connectivity index (χ2n) is 5.34. The molecular weight excluding hydrogens is 246 g/mol. The number of methoxy groups -OCH3 is 1. The summed E-state index contributed by atoms with van der Waals surface area (Å²) in [5.74, 6) is 0.944. The zero-order valence-electron chi connectivity index (χ0n) is 12.7. The second-order valence-corrected chi connectivity index (χ2v) is 5.34. The minimum absolute atomic E-state index is 0.255. The van der Waals surface area contributed by atoms with Crippen molar-refractivity contribution in [3.8, 4) is 5.75 Å². The molecule has 0 amide bonds. The number of nitrogens with one attached hydrogen (secondary N) is 1. The van der Waals surface area contributed by atoms with E-state index in [9.17, 15) is 0 Å². The van der Waals surface area contributed by atoms with E-state index >= 15 is 0 Å². The van der Waals surface area contributed by atoms with Gasteiger partial charge < -0.3 is 10.1 Å². The molecule has 2 heteroatoms. The molecule has 0 fully saturated rings. The van der Waals surface area contributed by atoms with Crippen molar-refractivity contribution in [2.24, 2.45) is 0 Å². The Morgan fingerprint density at radius 3 is 2.50 bits per heavy atom. The van der Waals surface area contributed by atoms with Gasteiger partial charge in [0.2, 0.25) is 0 Å². The molecule has 1 unspecified atom stereocenters. The Balaban J connectivity index is 2.08. The van der Waals surface area contributed by atoms with Crippen molar-refractivity contribution in [1.29, 1.82) is 0 Å². The van der Waals surface area contributed by atoms with Gasteiger partial charge in [0.15, 0.2) is 0 Å². The van der Waals surface area contributed by atoms with Crippen LogP contribution >= 0.6 is 0 Å². The highest BCUT2D eigenvalue weighted by atomic mass is 16.5. The lowest BCUT2D eigenvalue weighted by molar-refractivity contribution is 0.401. The zero-order valence-corrected chi connectivity index (χ0v) is 12.7. The summed E-state index contributed by atoms with van der Waals surface area (Å²) in [5, 5.41) is 3.56. The van der Waals surface area contributed by atoms with Gasteiger partial charge in [-0.2, -0.15) is 0 Å². The molecule has 0 spiro atoms. The van der Waals surface area contributed by atoms with E-state index in [4.69, 9.17) is 4.74 Å². The first-order valence-corrected chi connectivity index (χ1v) is 7.03. The molecule has 0 saturated carbocycles. The molecule has 0 aliphatic carbocycles. The lowest BCUT2D eigenvalue weighted by Gasteiger charge is -2.18. The Morgan fingerprint density at radius 2 is 1.80 bits per heavy atom. The summed E-state index contributed by atoms with van der Waals surface area (Å²) in [6.07, 6.45) is 0. The lowest BCUT2D eigenvalue weighted by Crippen LogP contribution is -2.18. The van der Waals surface area contributed by atoms with Crippen molar-refractivity contribution in [2.45, 2.75) is 33.4 Å². The van der Waals surface area contributed by atoms with Crippen LogP contribution < -0.4 is 10.1 Å². The van der Waals surface area contributed by atoms with Gasteiger partial charge in [0.25, 0.3) is 0 Å². The van der Waals surface area contributed by atoms with Gasteiger partial charge in [0, 0.05) is 18.2 Å². The van der Waals surface area contributed by atoms with E-state index in [0.717, 1.165) is 12.3 Å². The topological polar surface area (TPSA) is 21.3 Å². The average molecular weight is 269 g/mol. The molecule has 20 heavy (non-hydrogen) atoms. The van der Waals surface area contributed by atoms with Crippen LogP contribution in [0.4, 0.5) is 0 Å². The maximum Gasteiger partial charge on any atom is 0.123 e. The molecule has 0 aliphatic rings. The van der Waals surface area contributed by atoms with Crippen molar-refractivity contribution in [2.75, 3.05) is 7.11 Å². The molecule has 2 aromatic rings. The van der Waals surface area contributed by atoms with Gasteiger partial charge in [0.05, 0.1) is 7.11 Å². The molecular formula is C18H23NO. The quantitative estimate of drug-likeness (QED) is 0.880. The number of rotatable bonds is 5. The van der Waals surface area contributed by atoms with Gasteiger partial charge in [-0.25, -0.2) is 0 Å². The van der Waals surface area contributed by atoms with Crippen molar-refractivity contribution < 1.29 is 4.74 Å². The van der Waals surface area contributed by atoms with Crippen molar-refractivity contribution in [3.05, 3.63) is 64.7 Å². The Kier molecular flexibility index (Phi) is 4.80. The monoisotopic (exact) mass is 269 g/mol. The fourth-order valence-corrected chi connectivity index (χ4v) is 2.40. The molecule has 0 bridgehead atoms. The Labute approximate surface area is 121 Å². The van der Waals surface area contributed by atoms with Crippen LogP contribution in [0.25, 0.3) is 0 Å². The van der Waals surface area contributed by atoms with E-state index in [1.165, 1.54) is 22.3 Å². The highest BCUT2D eigenvalue weighted by molar-refractivity contribution is 5.39. The number of hydrogen-bond acceptors (Lipinski definition) is 2. The molecule has 0 aromatic heterocycles. The smallest absolute Gasteiger partial charge is 0.123 e. The number of aryl methyl sites for hydroxylation is 2. The molecule has 106 valence electrons. The second kappa shape index (κ2) is 6.58. The van der Waals surface area contributed by atoms with Crippen LogP contribution in [-0.2, 0) is 6.54 Å². The maximum absolute atomic E-state index is 5.45. The van der Waals surface area contributed by atoms with Crippen LogP contribution in [0.1, 0.15) is 35.2 Å². The van der Waals surface area contributed by atoms with E-state index in [-0.39, 0.29) is 6.04 Å². The van der Waals surface area contributed by atoms with Gasteiger partial charge >= 0.3 is 0 Å². The summed E-state index contributed by atoms with van der Waals surface area (Å²) in [5.41, 5.74) is 5.07. The Morgan fingerprint density at radius 1 is 1.05 bits per heavy atom. The van der Waals surface area contributed by atoms with Crippen molar-refractivity contribution in [1.82, 2.24) is 5.32 Å². The standard InChI is InChI=1S/C18H23NO/c1-13-6-5-7-16(10-13)12-19-15(3)17-11-14(2)8-9-18(17)20-4/h5-11,15,19H,12H2,1-4H3. The molecule has 2 nitrogen and oxygen atoms in total. The normalized spacial score (nSPS) is 12.2. The van der Waals surface area contributed by atoms with E-state index < -0.39 is 0 Å². The van der Waals surface area contributed by atoms with Gasteiger partial charge in [-0.05, 0) is 32.4 Å². The first-order chi connectivity index (χ1) is 9.60. The van der Waals surface area contributed by atoms with E-state index in [0.29, 0.717) is 0 Å². The third kappa shape index (κ3) is 3.61. The first kappa shape index (κ1) is 14.6. The maximum atomic E-state index is 5.45. The average Bonchev–Trinajstić information content (AvgIpc) is 2.45. The highest BCUT2D eigenvalue weighted by Gasteiger charge is 2.11. The minimum atomic E-state index is 0.255.